The highest BCUT2D eigenvalue weighted by Gasteiger charge is 2.15. The minimum atomic E-state index is -0.0410. The van der Waals surface area contributed by atoms with E-state index in [1.165, 1.54) is 6.92 Å². The van der Waals surface area contributed by atoms with Crippen LogP contribution in [0.2, 0.25) is 0 Å². The van der Waals surface area contributed by atoms with E-state index in [0.29, 0.717) is 5.69 Å². The fourth-order valence-electron chi connectivity index (χ4n) is 1.86. The van der Waals surface area contributed by atoms with Gasteiger partial charge in [-0.2, -0.15) is 0 Å². The molecule has 2 aromatic rings. The van der Waals surface area contributed by atoms with E-state index in [9.17, 15) is 4.79 Å². The number of benzene rings is 1. The van der Waals surface area contributed by atoms with E-state index in [4.69, 9.17) is 0 Å². The molecule has 0 bridgehead atoms. The Kier molecular flexibility index (Phi) is 5.42. The molecule has 0 aliphatic rings. The quantitative estimate of drug-likeness (QED) is 0.794. The van der Waals surface area contributed by atoms with Crippen molar-refractivity contribution in [2.24, 2.45) is 0 Å². The third-order valence-electron chi connectivity index (χ3n) is 2.68. The Morgan fingerprint density at radius 1 is 1.32 bits per heavy atom. The molecule has 4 nitrogen and oxygen atoms in total. The van der Waals surface area contributed by atoms with E-state index < -0.39 is 0 Å². The summed E-state index contributed by atoms with van der Waals surface area (Å²) in [5.41, 5.74) is 3.43. The van der Waals surface area contributed by atoms with Gasteiger partial charge in [0.05, 0.1) is 11.4 Å². The summed E-state index contributed by atoms with van der Waals surface area (Å²) >= 11 is 0. The molecule has 1 heterocycles. The van der Waals surface area contributed by atoms with Crippen LogP contribution in [0.25, 0.3) is 5.69 Å². The van der Waals surface area contributed by atoms with Gasteiger partial charge >= 0.3 is 0 Å². The summed E-state index contributed by atoms with van der Waals surface area (Å²) in [7, 11) is 0. The first-order valence-corrected chi connectivity index (χ1v) is 6.66. The lowest BCUT2D eigenvalue weighted by Gasteiger charge is -2.05. The average molecular weight is 259 g/mol. The molecule has 0 atom stereocenters. The van der Waals surface area contributed by atoms with Gasteiger partial charge in [0.15, 0.2) is 11.5 Å². The molecule has 0 amide bonds. The lowest BCUT2D eigenvalue weighted by molar-refractivity contribution is 0.101. The van der Waals surface area contributed by atoms with Crippen LogP contribution < -0.4 is 0 Å². The van der Waals surface area contributed by atoms with Gasteiger partial charge in [0, 0.05) is 6.92 Å². The molecule has 102 valence electrons. The van der Waals surface area contributed by atoms with Crippen molar-refractivity contribution in [2.45, 2.75) is 41.0 Å². The number of carbonyl (C=O) groups is 1. The van der Waals surface area contributed by atoms with Gasteiger partial charge in [-0.3, -0.25) is 4.79 Å². The van der Waals surface area contributed by atoms with Gasteiger partial charge in [-0.1, -0.05) is 38.1 Å². The van der Waals surface area contributed by atoms with Crippen molar-refractivity contribution >= 4 is 5.78 Å². The standard InChI is InChI=1S/C13H15N3O.C2H6/c1-4-12-13(10(3)17)14-15-16(12)11-7-5-6-9(2)8-11;1-2/h5-8H,4H2,1-3H3;1-2H3. The summed E-state index contributed by atoms with van der Waals surface area (Å²) in [4.78, 5) is 11.4. The van der Waals surface area contributed by atoms with Gasteiger partial charge in [-0.15, -0.1) is 5.10 Å². The predicted octanol–water partition coefficient (Wildman–Crippen LogP) is 3.37. The molecule has 0 spiro atoms. The smallest absolute Gasteiger partial charge is 0.181 e. The summed E-state index contributed by atoms with van der Waals surface area (Å²) in [5.74, 6) is -0.0410. The van der Waals surface area contributed by atoms with Crippen LogP contribution in [0.15, 0.2) is 24.3 Å². The summed E-state index contributed by atoms with van der Waals surface area (Å²) in [5, 5.41) is 8.02. The molecular weight excluding hydrogens is 238 g/mol. The molecule has 0 aliphatic heterocycles. The molecule has 1 aromatic carbocycles. The molecule has 0 N–H and O–H groups in total. The van der Waals surface area contributed by atoms with Crippen LogP contribution >= 0.6 is 0 Å². The number of carbonyl (C=O) groups excluding carboxylic acids is 1. The summed E-state index contributed by atoms with van der Waals surface area (Å²) in [6, 6.07) is 7.99. The van der Waals surface area contributed by atoms with Crippen LogP contribution in [-0.2, 0) is 6.42 Å². The first-order valence-electron chi connectivity index (χ1n) is 6.66. The van der Waals surface area contributed by atoms with Gasteiger partial charge < -0.3 is 0 Å². The molecule has 0 unspecified atom stereocenters. The molecule has 0 aliphatic carbocycles. The number of rotatable bonds is 3. The van der Waals surface area contributed by atoms with Crippen LogP contribution in [0.5, 0.6) is 0 Å². The second kappa shape index (κ2) is 6.83. The summed E-state index contributed by atoms with van der Waals surface area (Å²) in [6.07, 6.45) is 0.732. The normalized spacial score (nSPS) is 9.74. The molecule has 0 saturated heterocycles. The number of ketones is 1. The minimum Gasteiger partial charge on any atom is -0.293 e. The van der Waals surface area contributed by atoms with Crippen LogP contribution in [-0.4, -0.2) is 20.8 Å². The van der Waals surface area contributed by atoms with Crippen molar-refractivity contribution in [3.05, 3.63) is 41.2 Å². The Bertz CT molecular complexity index is 558. The third kappa shape index (κ3) is 3.28. The van der Waals surface area contributed by atoms with Crippen molar-refractivity contribution in [3.8, 4) is 5.69 Å². The highest BCUT2D eigenvalue weighted by Crippen LogP contribution is 2.15. The SMILES string of the molecule is CC.CCc1c(C(C)=O)nnn1-c1cccc(C)c1. The first-order chi connectivity index (χ1) is 9.13. The Morgan fingerprint density at radius 3 is 2.53 bits per heavy atom. The summed E-state index contributed by atoms with van der Waals surface area (Å²) < 4.78 is 1.74. The second-order valence-corrected chi connectivity index (χ2v) is 4.05. The van der Waals surface area contributed by atoms with E-state index in [0.717, 1.165) is 23.4 Å². The summed E-state index contributed by atoms with van der Waals surface area (Å²) in [6.45, 7) is 9.54. The Morgan fingerprint density at radius 2 is 2.00 bits per heavy atom. The Hall–Kier alpha value is -1.97. The fourth-order valence-corrected chi connectivity index (χ4v) is 1.86. The van der Waals surface area contributed by atoms with Crippen LogP contribution in [0, 0.1) is 6.92 Å². The van der Waals surface area contributed by atoms with Crippen molar-refractivity contribution in [3.63, 3.8) is 0 Å². The highest BCUT2D eigenvalue weighted by atomic mass is 16.1. The maximum absolute atomic E-state index is 11.4. The molecule has 0 radical (unpaired) electrons. The largest absolute Gasteiger partial charge is 0.293 e. The number of aromatic nitrogens is 3. The van der Waals surface area contributed by atoms with E-state index in [1.54, 1.807) is 4.68 Å². The van der Waals surface area contributed by atoms with Crippen molar-refractivity contribution in [1.82, 2.24) is 15.0 Å². The van der Waals surface area contributed by atoms with Crippen molar-refractivity contribution < 1.29 is 4.79 Å². The Balaban J connectivity index is 0.000000861. The zero-order valence-electron chi connectivity index (χ0n) is 12.3. The van der Waals surface area contributed by atoms with Gasteiger partial charge in [-0.05, 0) is 31.0 Å². The lowest BCUT2D eigenvalue weighted by Crippen LogP contribution is -2.04. The van der Waals surface area contributed by atoms with E-state index in [-0.39, 0.29) is 5.78 Å². The minimum absolute atomic E-state index is 0.0410. The molecular formula is C15H21N3O. The van der Waals surface area contributed by atoms with Gasteiger partial charge in [0.25, 0.3) is 0 Å². The maximum Gasteiger partial charge on any atom is 0.181 e. The van der Waals surface area contributed by atoms with E-state index in [2.05, 4.69) is 10.3 Å². The van der Waals surface area contributed by atoms with Gasteiger partial charge in [-0.25, -0.2) is 4.68 Å². The molecule has 2 rings (SSSR count). The number of hydrogen-bond donors (Lipinski definition) is 0. The van der Waals surface area contributed by atoms with Crippen LogP contribution in [0.1, 0.15) is 49.4 Å². The van der Waals surface area contributed by atoms with Crippen molar-refractivity contribution in [2.75, 3.05) is 0 Å². The second-order valence-electron chi connectivity index (χ2n) is 4.05. The third-order valence-corrected chi connectivity index (χ3v) is 2.68. The molecule has 19 heavy (non-hydrogen) atoms. The first kappa shape index (κ1) is 15.1. The number of Topliss-reactive ketones (excluding diaryl/α,β-unsaturated/α-hetero) is 1. The number of aryl methyl sites for hydroxylation is 1. The van der Waals surface area contributed by atoms with Crippen LogP contribution in [0.3, 0.4) is 0 Å². The predicted molar refractivity (Wildman–Crippen MR) is 76.8 cm³/mol. The Labute approximate surface area is 114 Å². The average Bonchev–Trinajstić information content (AvgIpc) is 2.85. The van der Waals surface area contributed by atoms with Gasteiger partial charge in [0.2, 0.25) is 0 Å². The van der Waals surface area contributed by atoms with Crippen LogP contribution in [0.4, 0.5) is 0 Å². The molecule has 1 aromatic heterocycles. The maximum atomic E-state index is 11.4. The zero-order chi connectivity index (χ0) is 14.4. The monoisotopic (exact) mass is 259 g/mol. The topological polar surface area (TPSA) is 47.8 Å². The lowest BCUT2D eigenvalue weighted by atomic mass is 10.2. The molecule has 4 heteroatoms. The number of nitrogens with zero attached hydrogens (tertiary/aromatic N) is 3. The van der Waals surface area contributed by atoms with Crippen molar-refractivity contribution in [1.29, 1.82) is 0 Å². The van der Waals surface area contributed by atoms with E-state index in [1.807, 2.05) is 52.0 Å². The molecule has 0 saturated carbocycles. The van der Waals surface area contributed by atoms with Gasteiger partial charge in [0.1, 0.15) is 0 Å². The highest BCUT2D eigenvalue weighted by molar-refractivity contribution is 5.93. The molecule has 0 fully saturated rings. The van der Waals surface area contributed by atoms with E-state index >= 15 is 0 Å². The zero-order valence-corrected chi connectivity index (χ0v) is 12.3. The fraction of sp³-hybridized carbons (Fsp3) is 0.400. The number of hydrogen-bond acceptors (Lipinski definition) is 3.